The summed E-state index contributed by atoms with van der Waals surface area (Å²) in [5.41, 5.74) is 5.48. The van der Waals surface area contributed by atoms with Gasteiger partial charge in [-0.05, 0) is 30.4 Å². The fraction of sp³-hybridized carbons (Fsp3) is 0.615. The predicted octanol–water partition coefficient (Wildman–Crippen LogP) is -0.156. The molecule has 26 heavy (non-hydrogen) atoms. The van der Waals surface area contributed by atoms with Gasteiger partial charge in [-0.15, -0.1) is 0 Å². The molecule has 2 fully saturated rings. The van der Waals surface area contributed by atoms with Gasteiger partial charge in [-0.2, -0.15) is 9.97 Å². The monoisotopic (exact) mass is 405 g/mol. The topological polar surface area (TPSA) is 177 Å². The maximum absolute atomic E-state index is 11.1. The molecule has 0 bridgehead atoms. The minimum atomic E-state index is -4.70. The van der Waals surface area contributed by atoms with E-state index in [1.807, 2.05) is 0 Å². The first-order valence-electron chi connectivity index (χ1n) is 7.86. The Morgan fingerprint density at radius 3 is 2.77 bits per heavy atom. The summed E-state index contributed by atoms with van der Waals surface area (Å²) in [6, 6.07) is -0.616. The van der Waals surface area contributed by atoms with Gasteiger partial charge in [0.25, 0.3) is 0 Å². The van der Waals surface area contributed by atoms with E-state index < -0.39 is 31.5 Å². The van der Waals surface area contributed by atoms with Gasteiger partial charge in [0.1, 0.15) is 11.6 Å². The first-order valence-corrected chi connectivity index (χ1v) is 9.77. The molecule has 0 aliphatic heterocycles. The molecule has 142 valence electrons. The largest absolute Gasteiger partial charge is 0.469 e. The molecule has 4 rings (SSSR count). The Balaban J connectivity index is 1.74. The van der Waals surface area contributed by atoms with E-state index in [0.29, 0.717) is 24.0 Å². The molecule has 0 spiro atoms. The number of hydrogen-bond acceptors (Lipinski definition) is 8. The van der Waals surface area contributed by atoms with Gasteiger partial charge in [0.2, 0.25) is 5.28 Å². The number of nitrogen functional groups attached to an aromatic ring is 1. The van der Waals surface area contributed by atoms with Gasteiger partial charge in [0.15, 0.2) is 11.5 Å². The molecule has 0 radical (unpaired) electrons. The van der Waals surface area contributed by atoms with E-state index in [1.165, 1.54) is 6.33 Å². The van der Waals surface area contributed by atoms with Gasteiger partial charge in [-0.1, -0.05) is 0 Å². The lowest BCUT2D eigenvalue weighted by Gasteiger charge is -2.47. The number of imidazole rings is 1. The van der Waals surface area contributed by atoms with E-state index in [-0.39, 0.29) is 23.6 Å². The molecular weight excluding hydrogens is 389 g/mol. The van der Waals surface area contributed by atoms with Gasteiger partial charge in [0, 0.05) is 5.41 Å². The van der Waals surface area contributed by atoms with Gasteiger partial charge >= 0.3 is 7.82 Å². The third-order valence-electron chi connectivity index (χ3n) is 5.58. The van der Waals surface area contributed by atoms with Crippen LogP contribution in [0.25, 0.3) is 11.2 Å². The highest BCUT2D eigenvalue weighted by molar-refractivity contribution is 7.46. The third-order valence-corrected chi connectivity index (χ3v) is 6.21. The van der Waals surface area contributed by atoms with Crippen LogP contribution in [0.2, 0.25) is 5.28 Å². The fourth-order valence-electron chi connectivity index (χ4n) is 4.28. The van der Waals surface area contributed by atoms with Crippen molar-refractivity contribution in [2.75, 3.05) is 12.3 Å². The summed E-state index contributed by atoms with van der Waals surface area (Å²) in [5.74, 6) is -0.192. The molecule has 2 heterocycles. The summed E-state index contributed by atoms with van der Waals surface area (Å²) in [5, 5.41) is 21.2. The van der Waals surface area contributed by atoms with Crippen LogP contribution in [0.4, 0.5) is 5.82 Å². The standard InChI is InChI=1S/C13H17ClN5O6P/c14-12-17-10(15)6-11(18-12)19(4-16-6)7-5-1-2-13(5,9(21)8(7)20)3-25-26(22,23)24/h4-5,7-9,20-21H,1-3H2,(H2,15,17,18)(H2,22,23,24). The van der Waals surface area contributed by atoms with Crippen LogP contribution in [0.15, 0.2) is 6.33 Å². The Hall–Kier alpha value is -1.33. The number of halogens is 1. The highest BCUT2D eigenvalue weighted by atomic mass is 35.5. The first-order chi connectivity index (χ1) is 12.1. The zero-order chi connectivity index (χ0) is 18.9. The van der Waals surface area contributed by atoms with Crippen molar-refractivity contribution in [2.24, 2.45) is 11.3 Å². The second-order valence-corrected chi connectivity index (χ2v) is 8.35. The summed E-state index contributed by atoms with van der Waals surface area (Å²) in [7, 11) is -4.70. The van der Waals surface area contributed by atoms with Crippen LogP contribution in [0.3, 0.4) is 0 Å². The predicted molar refractivity (Wildman–Crippen MR) is 88.9 cm³/mol. The maximum Gasteiger partial charge on any atom is 0.469 e. The van der Waals surface area contributed by atoms with Crippen LogP contribution in [0.1, 0.15) is 18.9 Å². The lowest BCUT2D eigenvalue weighted by atomic mass is 9.60. The lowest BCUT2D eigenvalue weighted by molar-refractivity contribution is -0.0969. The van der Waals surface area contributed by atoms with Gasteiger partial charge in [0.05, 0.1) is 25.1 Å². The van der Waals surface area contributed by atoms with Crippen LogP contribution in [0.5, 0.6) is 0 Å². The van der Waals surface area contributed by atoms with E-state index in [2.05, 4.69) is 19.5 Å². The van der Waals surface area contributed by atoms with Crippen LogP contribution in [-0.2, 0) is 9.09 Å². The highest BCUT2D eigenvalue weighted by Gasteiger charge is 2.65. The average molecular weight is 406 g/mol. The van der Waals surface area contributed by atoms with E-state index in [0.717, 1.165) is 0 Å². The molecule has 11 nitrogen and oxygen atoms in total. The number of aliphatic hydroxyl groups excluding tert-OH is 2. The summed E-state index contributed by atoms with van der Waals surface area (Å²) < 4.78 is 17.3. The zero-order valence-corrected chi connectivity index (χ0v) is 15.0. The van der Waals surface area contributed by atoms with Crippen LogP contribution in [-0.4, -0.2) is 58.3 Å². The van der Waals surface area contributed by atoms with Crippen LogP contribution < -0.4 is 5.73 Å². The fourth-order valence-corrected chi connectivity index (χ4v) is 4.86. The SMILES string of the molecule is Nc1nc(Cl)nc2c1ncn2C1C(O)C(O)C2(COP(=O)(O)O)CCC12. The Morgan fingerprint density at radius 2 is 2.15 bits per heavy atom. The Morgan fingerprint density at radius 1 is 1.42 bits per heavy atom. The van der Waals surface area contributed by atoms with Crippen LogP contribution in [0, 0.1) is 11.3 Å². The number of aliphatic hydroxyl groups is 2. The van der Waals surface area contributed by atoms with Crippen molar-refractivity contribution in [1.82, 2.24) is 19.5 Å². The molecule has 2 saturated carbocycles. The minimum Gasteiger partial charge on any atom is -0.390 e. The molecule has 2 aliphatic rings. The minimum absolute atomic E-state index is 0.0745. The summed E-state index contributed by atoms with van der Waals surface area (Å²) in [6.45, 7) is -0.360. The van der Waals surface area contributed by atoms with Gasteiger partial charge < -0.3 is 30.3 Å². The molecule has 2 aliphatic carbocycles. The summed E-state index contributed by atoms with van der Waals surface area (Å²) in [6.07, 6.45) is 0.124. The van der Waals surface area contributed by atoms with Crippen molar-refractivity contribution in [3.63, 3.8) is 0 Å². The molecule has 2 aromatic rings. The molecule has 5 unspecified atom stereocenters. The number of phosphoric acid groups is 1. The molecule has 0 aromatic carbocycles. The average Bonchev–Trinajstić information content (AvgIpc) is 2.98. The molecule has 2 aromatic heterocycles. The number of hydrogen-bond donors (Lipinski definition) is 5. The van der Waals surface area contributed by atoms with Gasteiger partial charge in [-0.3, -0.25) is 4.52 Å². The van der Waals surface area contributed by atoms with Gasteiger partial charge in [-0.25, -0.2) is 9.55 Å². The van der Waals surface area contributed by atoms with E-state index in [9.17, 15) is 14.8 Å². The Bertz CT molecular complexity index is 920. The number of aromatic nitrogens is 4. The molecular formula is C13H17ClN5O6P. The molecule has 5 atom stereocenters. The number of fused-ring (bicyclic) bond motifs is 2. The summed E-state index contributed by atoms with van der Waals surface area (Å²) >= 11 is 5.87. The second kappa shape index (κ2) is 5.83. The third kappa shape index (κ3) is 2.55. The number of anilines is 1. The molecule has 6 N–H and O–H groups in total. The van der Waals surface area contributed by atoms with Crippen molar-refractivity contribution in [3.8, 4) is 0 Å². The van der Waals surface area contributed by atoms with Crippen molar-refractivity contribution >= 4 is 36.4 Å². The molecule has 0 saturated heterocycles. The van der Waals surface area contributed by atoms with Crippen molar-refractivity contribution in [2.45, 2.75) is 31.1 Å². The quantitative estimate of drug-likeness (QED) is 0.339. The Labute approximate surface area is 152 Å². The molecule has 13 heteroatoms. The number of rotatable bonds is 4. The van der Waals surface area contributed by atoms with Crippen LogP contribution >= 0.6 is 19.4 Å². The van der Waals surface area contributed by atoms with E-state index >= 15 is 0 Å². The zero-order valence-electron chi connectivity index (χ0n) is 13.3. The van der Waals surface area contributed by atoms with Crippen molar-refractivity contribution < 1.29 is 29.1 Å². The first kappa shape index (κ1) is 18.1. The smallest absolute Gasteiger partial charge is 0.390 e. The Kier molecular flexibility index (Phi) is 4.05. The summed E-state index contributed by atoms with van der Waals surface area (Å²) in [4.78, 5) is 30.1. The normalized spacial score (nSPS) is 34.0. The second-order valence-electron chi connectivity index (χ2n) is 6.77. The number of phosphoric ester groups is 1. The lowest BCUT2D eigenvalue weighted by Crippen LogP contribution is -2.49. The number of nitrogens with two attached hydrogens (primary N) is 1. The van der Waals surface area contributed by atoms with E-state index in [1.54, 1.807) is 4.57 Å². The van der Waals surface area contributed by atoms with E-state index in [4.69, 9.17) is 27.1 Å². The highest BCUT2D eigenvalue weighted by Crippen LogP contribution is 2.63. The number of nitrogens with zero attached hydrogens (tertiary/aromatic N) is 4. The van der Waals surface area contributed by atoms with Crippen molar-refractivity contribution in [3.05, 3.63) is 11.6 Å². The molecule has 0 amide bonds. The van der Waals surface area contributed by atoms with Crippen molar-refractivity contribution in [1.29, 1.82) is 0 Å². The maximum atomic E-state index is 11.1.